The monoisotopic (exact) mass is 238 g/mol. The van der Waals surface area contributed by atoms with Crippen LogP contribution in [0.5, 0.6) is 0 Å². The molecule has 2 unspecified atom stereocenters. The molecule has 0 aromatic heterocycles. The quantitative estimate of drug-likeness (QED) is 0.733. The van der Waals surface area contributed by atoms with E-state index in [2.05, 4.69) is 15.9 Å². The predicted octanol–water partition coefficient (Wildman–Crippen LogP) is 0.0276. The standard InChI is InChI=1S/C12H22N4O/c1-3-11(8-13)16-6-4-15(5-7-16)9-10(2)12(14)17/h10-11H,3-7,9H2,1-2H3,(H2,14,17). The highest BCUT2D eigenvalue weighted by Crippen LogP contribution is 2.10. The molecule has 0 spiro atoms. The molecule has 1 saturated heterocycles. The minimum Gasteiger partial charge on any atom is -0.369 e. The molecule has 5 heteroatoms. The second kappa shape index (κ2) is 6.58. The van der Waals surface area contributed by atoms with Crippen LogP contribution >= 0.6 is 0 Å². The van der Waals surface area contributed by atoms with Crippen molar-refractivity contribution in [2.24, 2.45) is 11.7 Å². The van der Waals surface area contributed by atoms with Crippen molar-refractivity contribution in [1.29, 1.82) is 5.26 Å². The molecular formula is C12H22N4O. The smallest absolute Gasteiger partial charge is 0.221 e. The van der Waals surface area contributed by atoms with Crippen LogP contribution in [-0.2, 0) is 4.79 Å². The Hall–Kier alpha value is -1.12. The lowest BCUT2D eigenvalue weighted by molar-refractivity contribution is -0.122. The lowest BCUT2D eigenvalue weighted by atomic mass is 10.1. The number of nitrogens with two attached hydrogens (primary N) is 1. The fourth-order valence-corrected chi connectivity index (χ4v) is 2.17. The van der Waals surface area contributed by atoms with Crippen molar-refractivity contribution in [3.63, 3.8) is 0 Å². The van der Waals surface area contributed by atoms with E-state index in [1.54, 1.807) is 0 Å². The van der Waals surface area contributed by atoms with Gasteiger partial charge in [-0.2, -0.15) is 5.26 Å². The summed E-state index contributed by atoms with van der Waals surface area (Å²) in [6, 6.07) is 2.36. The minimum atomic E-state index is -0.240. The van der Waals surface area contributed by atoms with Gasteiger partial charge < -0.3 is 10.6 Å². The van der Waals surface area contributed by atoms with Crippen LogP contribution in [0.15, 0.2) is 0 Å². The first kappa shape index (κ1) is 13.9. The molecule has 17 heavy (non-hydrogen) atoms. The fourth-order valence-electron chi connectivity index (χ4n) is 2.17. The normalized spacial score (nSPS) is 21.7. The number of nitrogens with zero attached hydrogens (tertiary/aromatic N) is 3. The molecule has 0 aromatic carbocycles. The summed E-state index contributed by atoms with van der Waals surface area (Å²) in [6.07, 6.45) is 0.869. The van der Waals surface area contributed by atoms with Crippen molar-refractivity contribution < 1.29 is 4.79 Å². The topological polar surface area (TPSA) is 73.4 Å². The Labute approximate surface area is 103 Å². The molecular weight excluding hydrogens is 216 g/mol. The van der Waals surface area contributed by atoms with E-state index in [-0.39, 0.29) is 17.9 Å². The van der Waals surface area contributed by atoms with Crippen molar-refractivity contribution in [2.45, 2.75) is 26.3 Å². The maximum atomic E-state index is 11.0. The number of hydrogen-bond acceptors (Lipinski definition) is 4. The molecule has 0 radical (unpaired) electrons. The fraction of sp³-hybridized carbons (Fsp3) is 0.833. The molecule has 1 heterocycles. The second-order valence-corrected chi connectivity index (χ2v) is 4.69. The maximum absolute atomic E-state index is 11.0. The lowest BCUT2D eigenvalue weighted by Crippen LogP contribution is -2.51. The van der Waals surface area contributed by atoms with E-state index in [4.69, 9.17) is 11.0 Å². The van der Waals surface area contributed by atoms with Crippen LogP contribution in [0.2, 0.25) is 0 Å². The van der Waals surface area contributed by atoms with Gasteiger partial charge in [-0.3, -0.25) is 9.69 Å². The average molecular weight is 238 g/mol. The van der Waals surface area contributed by atoms with E-state index in [1.165, 1.54) is 0 Å². The molecule has 1 aliphatic heterocycles. The number of rotatable bonds is 5. The molecule has 0 aromatic rings. The van der Waals surface area contributed by atoms with Crippen molar-refractivity contribution in [1.82, 2.24) is 9.80 Å². The van der Waals surface area contributed by atoms with E-state index in [0.29, 0.717) is 0 Å². The van der Waals surface area contributed by atoms with Gasteiger partial charge in [0.05, 0.1) is 12.1 Å². The third kappa shape index (κ3) is 3.99. The highest BCUT2D eigenvalue weighted by atomic mass is 16.1. The van der Waals surface area contributed by atoms with Crippen LogP contribution in [-0.4, -0.2) is 54.5 Å². The number of primary amides is 1. The van der Waals surface area contributed by atoms with Crippen molar-refractivity contribution in [2.75, 3.05) is 32.7 Å². The highest BCUT2D eigenvalue weighted by Gasteiger charge is 2.24. The van der Waals surface area contributed by atoms with E-state index < -0.39 is 0 Å². The van der Waals surface area contributed by atoms with Crippen LogP contribution in [0.4, 0.5) is 0 Å². The number of amides is 1. The Morgan fingerprint density at radius 2 is 2.00 bits per heavy atom. The summed E-state index contributed by atoms with van der Waals surface area (Å²) < 4.78 is 0. The van der Waals surface area contributed by atoms with Gasteiger partial charge in [0.1, 0.15) is 0 Å². The molecule has 2 N–H and O–H groups in total. The number of nitriles is 1. The molecule has 0 aliphatic carbocycles. The van der Waals surface area contributed by atoms with Crippen LogP contribution < -0.4 is 5.73 Å². The van der Waals surface area contributed by atoms with Crippen molar-refractivity contribution >= 4 is 5.91 Å². The Morgan fingerprint density at radius 3 is 2.41 bits per heavy atom. The number of piperazine rings is 1. The summed E-state index contributed by atoms with van der Waals surface area (Å²) in [5, 5.41) is 9.00. The maximum Gasteiger partial charge on any atom is 0.221 e. The number of hydrogen-bond donors (Lipinski definition) is 1. The van der Waals surface area contributed by atoms with Gasteiger partial charge in [-0.15, -0.1) is 0 Å². The number of carbonyl (C=O) groups excluding carboxylic acids is 1. The third-order valence-electron chi connectivity index (χ3n) is 3.40. The first-order valence-corrected chi connectivity index (χ1v) is 6.23. The molecule has 0 bridgehead atoms. The summed E-state index contributed by atoms with van der Waals surface area (Å²) in [5.74, 6) is -0.338. The second-order valence-electron chi connectivity index (χ2n) is 4.69. The summed E-state index contributed by atoms with van der Waals surface area (Å²) in [5.41, 5.74) is 5.25. The van der Waals surface area contributed by atoms with Crippen LogP contribution in [0.25, 0.3) is 0 Å². The van der Waals surface area contributed by atoms with Gasteiger partial charge in [0.25, 0.3) is 0 Å². The lowest BCUT2D eigenvalue weighted by Gasteiger charge is -2.37. The molecule has 5 nitrogen and oxygen atoms in total. The van der Waals surface area contributed by atoms with Gasteiger partial charge in [-0.05, 0) is 6.42 Å². The van der Waals surface area contributed by atoms with Crippen molar-refractivity contribution in [3.05, 3.63) is 0 Å². The Kier molecular flexibility index (Phi) is 5.39. The average Bonchev–Trinajstić information content (AvgIpc) is 2.32. The largest absolute Gasteiger partial charge is 0.369 e. The highest BCUT2D eigenvalue weighted by molar-refractivity contribution is 5.76. The minimum absolute atomic E-state index is 0.0331. The van der Waals surface area contributed by atoms with Crippen LogP contribution in [0.1, 0.15) is 20.3 Å². The van der Waals surface area contributed by atoms with Gasteiger partial charge in [-0.25, -0.2) is 0 Å². The Balaban J connectivity index is 2.36. The van der Waals surface area contributed by atoms with Crippen molar-refractivity contribution in [3.8, 4) is 6.07 Å². The number of carbonyl (C=O) groups is 1. The Morgan fingerprint density at radius 1 is 1.41 bits per heavy atom. The first-order valence-electron chi connectivity index (χ1n) is 6.23. The van der Waals surface area contributed by atoms with E-state index in [0.717, 1.165) is 39.1 Å². The van der Waals surface area contributed by atoms with Gasteiger partial charge >= 0.3 is 0 Å². The first-order chi connectivity index (χ1) is 8.08. The molecule has 1 rings (SSSR count). The van der Waals surface area contributed by atoms with E-state index in [1.807, 2.05) is 13.8 Å². The molecule has 96 valence electrons. The van der Waals surface area contributed by atoms with Gasteiger partial charge in [-0.1, -0.05) is 13.8 Å². The molecule has 1 fully saturated rings. The summed E-state index contributed by atoms with van der Waals surface area (Å²) >= 11 is 0. The zero-order chi connectivity index (χ0) is 12.8. The SMILES string of the molecule is CCC(C#N)N1CCN(CC(C)C(N)=O)CC1. The van der Waals surface area contributed by atoms with Gasteiger partial charge in [0, 0.05) is 38.6 Å². The van der Waals surface area contributed by atoms with Crippen LogP contribution in [0.3, 0.4) is 0 Å². The molecule has 0 saturated carbocycles. The van der Waals surface area contributed by atoms with Gasteiger partial charge in [0.2, 0.25) is 5.91 Å². The van der Waals surface area contributed by atoms with Gasteiger partial charge in [0.15, 0.2) is 0 Å². The summed E-state index contributed by atoms with van der Waals surface area (Å²) in [7, 11) is 0. The molecule has 1 amide bonds. The molecule has 1 aliphatic rings. The summed E-state index contributed by atoms with van der Waals surface area (Å²) in [6.45, 7) is 8.25. The predicted molar refractivity (Wildman–Crippen MR) is 66.1 cm³/mol. The summed E-state index contributed by atoms with van der Waals surface area (Å²) in [4.78, 5) is 15.4. The third-order valence-corrected chi connectivity index (χ3v) is 3.40. The molecule has 2 atom stereocenters. The van der Waals surface area contributed by atoms with E-state index in [9.17, 15) is 4.79 Å². The zero-order valence-corrected chi connectivity index (χ0v) is 10.7. The van der Waals surface area contributed by atoms with E-state index >= 15 is 0 Å². The zero-order valence-electron chi connectivity index (χ0n) is 10.7. The van der Waals surface area contributed by atoms with Crippen LogP contribution in [0, 0.1) is 17.2 Å². The Bertz CT molecular complexity index is 291.